The van der Waals surface area contributed by atoms with Gasteiger partial charge in [-0.25, -0.2) is 0 Å². The second-order valence-corrected chi connectivity index (χ2v) is 6.80. The first-order chi connectivity index (χ1) is 9.88. The number of hydrogen-bond acceptors (Lipinski definition) is 1. The minimum absolute atomic E-state index is 0.916. The highest BCUT2D eigenvalue weighted by molar-refractivity contribution is 4.76. The van der Waals surface area contributed by atoms with Gasteiger partial charge < -0.3 is 4.90 Å². The summed E-state index contributed by atoms with van der Waals surface area (Å²) in [5.41, 5.74) is 0. The van der Waals surface area contributed by atoms with Gasteiger partial charge in [0.25, 0.3) is 0 Å². The van der Waals surface area contributed by atoms with E-state index in [4.69, 9.17) is 0 Å². The van der Waals surface area contributed by atoms with E-state index in [1.807, 2.05) is 0 Å². The average molecular weight is 282 g/mol. The third-order valence-electron chi connectivity index (χ3n) is 4.94. The largest absolute Gasteiger partial charge is 0.300 e. The van der Waals surface area contributed by atoms with Gasteiger partial charge in [0.1, 0.15) is 0 Å². The molecule has 1 rings (SSSR count). The Morgan fingerprint density at radius 2 is 1.10 bits per heavy atom. The Kier molecular flexibility index (Phi) is 11.4. The van der Waals surface area contributed by atoms with Crippen LogP contribution in [0, 0.1) is 0 Å². The van der Waals surface area contributed by atoms with Crippen LogP contribution < -0.4 is 0 Å². The summed E-state index contributed by atoms with van der Waals surface area (Å²) in [5.74, 6) is 0. The van der Waals surface area contributed by atoms with Crippen LogP contribution in [-0.4, -0.2) is 24.0 Å². The molecular weight excluding hydrogens is 242 g/mol. The van der Waals surface area contributed by atoms with Crippen LogP contribution in [0.25, 0.3) is 0 Å². The molecule has 0 amide bonds. The van der Waals surface area contributed by atoms with Gasteiger partial charge in [0.2, 0.25) is 0 Å². The normalized spacial score (nSPS) is 17.7. The smallest absolute Gasteiger partial charge is 0.00952 e. The molecule has 1 atom stereocenters. The van der Waals surface area contributed by atoms with Gasteiger partial charge in [0.15, 0.2) is 0 Å². The van der Waals surface area contributed by atoms with Crippen molar-refractivity contribution in [3.05, 3.63) is 0 Å². The number of nitrogens with zero attached hydrogens (tertiary/aromatic N) is 1. The van der Waals surface area contributed by atoms with Gasteiger partial charge in [0.05, 0.1) is 0 Å². The lowest BCUT2D eigenvalue weighted by Crippen LogP contribution is -2.32. The van der Waals surface area contributed by atoms with Crippen molar-refractivity contribution in [2.45, 2.75) is 110 Å². The van der Waals surface area contributed by atoms with Gasteiger partial charge >= 0.3 is 0 Å². The van der Waals surface area contributed by atoms with Crippen molar-refractivity contribution in [1.29, 1.82) is 0 Å². The minimum Gasteiger partial charge on any atom is -0.300 e. The zero-order chi connectivity index (χ0) is 14.5. The first kappa shape index (κ1) is 18.0. The van der Waals surface area contributed by atoms with Crippen LogP contribution in [0.5, 0.6) is 0 Å². The van der Waals surface area contributed by atoms with Crippen molar-refractivity contribution in [2.24, 2.45) is 0 Å². The molecule has 0 spiro atoms. The van der Waals surface area contributed by atoms with E-state index in [0.29, 0.717) is 0 Å². The third kappa shape index (κ3) is 8.29. The van der Waals surface area contributed by atoms with E-state index in [9.17, 15) is 0 Å². The van der Waals surface area contributed by atoms with Crippen molar-refractivity contribution in [3.8, 4) is 0 Å². The highest BCUT2D eigenvalue weighted by atomic mass is 15.2. The molecule has 0 radical (unpaired) electrons. The number of likely N-dealkylation sites (tertiary alicyclic amines) is 1. The summed E-state index contributed by atoms with van der Waals surface area (Å²) in [6, 6.07) is 0.916. The van der Waals surface area contributed by atoms with Gasteiger partial charge in [-0.3, -0.25) is 0 Å². The summed E-state index contributed by atoms with van der Waals surface area (Å²) in [5, 5.41) is 0. The van der Waals surface area contributed by atoms with E-state index in [0.717, 1.165) is 6.04 Å². The molecule has 0 aromatic rings. The Labute approximate surface area is 128 Å². The highest BCUT2D eigenvalue weighted by Crippen LogP contribution is 2.21. The predicted octanol–water partition coefficient (Wildman–Crippen LogP) is 6.17. The van der Waals surface area contributed by atoms with Gasteiger partial charge in [-0.05, 0) is 38.8 Å². The lowest BCUT2D eigenvalue weighted by Gasteiger charge is -2.27. The maximum Gasteiger partial charge on any atom is 0.00952 e. The summed E-state index contributed by atoms with van der Waals surface area (Å²) in [4.78, 5) is 2.80. The topological polar surface area (TPSA) is 3.24 Å². The molecule has 0 N–H and O–H groups in total. The van der Waals surface area contributed by atoms with Gasteiger partial charge in [-0.1, -0.05) is 78.1 Å². The third-order valence-corrected chi connectivity index (χ3v) is 4.94. The Balaban J connectivity index is 2.09. The van der Waals surface area contributed by atoms with Crippen LogP contribution in [0.1, 0.15) is 104 Å². The summed E-state index contributed by atoms with van der Waals surface area (Å²) in [6.45, 7) is 7.39. The molecule has 1 aliphatic heterocycles. The molecule has 20 heavy (non-hydrogen) atoms. The van der Waals surface area contributed by atoms with E-state index < -0.39 is 0 Å². The fourth-order valence-electron chi connectivity index (χ4n) is 3.58. The molecule has 1 unspecified atom stereocenters. The zero-order valence-corrected chi connectivity index (χ0v) is 14.3. The first-order valence-corrected chi connectivity index (χ1v) is 9.62. The van der Waals surface area contributed by atoms with E-state index in [2.05, 4.69) is 18.7 Å². The van der Waals surface area contributed by atoms with Crippen molar-refractivity contribution in [2.75, 3.05) is 13.1 Å². The van der Waals surface area contributed by atoms with Crippen LogP contribution in [0.4, 0.5) is 0 Å². The van der Waals surface area contributed by atoms with Crippen molar-refractivity contribution in [3.63, 3.8) is 0 Å². The molecule has 1 nitrogen and oxygen atoms in total. The molecule has 0 saturated carbocycles. The summed E-state index contributed by atoms with van der Waals surface area (Å²) in [7, 11) is 0. The number of rotatable bonds is 13. The molecule has 1 fully saturated rings. The second-order valence-electron chi connectivity index (χ2n) is 6.80. The maximum absolute atomic E-state index is 2.80. The molecule has 0 aromatic heterocycles. The van der Waals surface area contributed by atoms with Crippen LogP contribution >= 0.6 is 0 Å². The SMILES string of the molecule is CCCCCCCCCC(CCCCC)N1CCCC1. The maximum atomic E-state index is 2.80. The monoisotopic (exact) mass is 281 g/mol. The molecule has 1 saturated heterocycles. The molecular formula is C19H39N. The molecule has 0 aromatic carbocycles. The quantitative estimate of drug-likeness (QED) is 0.365. The van der Waals surface area contributed by atoms with E-state index in [1.54, 1.807) is 0 Å². The summed E-state index contributed by atoms with van der Waals surface area (Å²) in [6.07, 6.45) is 20.2. The van der Waals surface area contributed by atoms with E-state index in [1.165, 1.54) is 103 Å². The van der Waals surface area contributed by atoms with Crippen LogP contribution in [-0.2, 0) is 0 Å². The summed E-state index contributed by atoms with van der Waals surface area (Å²) < 4.78 is 0. The van der Waals surface area contributed by atoms with Crippen molar-refractivity contribution >= 4 is 0 Å². The van der Waals surface area contributed by atoms with Gasteiger partial charge in [0, 0.05) is 6.04 Å². The molecule has 1 aliphatic rings. The fraction of sp³-hybridized carbons (Fsp3) is 1.00. The van der Waals surface area contributed by atoms with Crippen LogP contribution in [0.3, 0.4) is 0 Å². The molecule has 1 heterocycles. The highest BCUT2D eigenvalue weighted by Gasteiger charge is 2.20. The van der Waals surface area contributed by atoms with Crippen LogP contribution in [0.15, 0.2) is 0 Å². The number of unbranched alkanes of at least 4 members (excludes halogenated alkanes) is 8. The van der Waals surface area contributed by atoms with Gasteiger partial charge in [-0.15, -0.1) is 0 Å². The predicted molar refractivity (Wildman–Crippen MR) is 91.3 cm³/mol. The average Bonchev–Trinajstić information content (AvgIpc) is 2.98. The Bertz CT molecular complexity index is 196. The number of hydrogen-bond donors (Lipinski definition) is 0. The summed E-state index contributed by atoms with van der Waals surface area (Å²) >= 11 is 0. The van der Waals surface area contributed by atoms with Crippen molar-refractivity contribution < 1.29 is 0 Å². The standard InChI is InChI=1S/C19H39N/c1-3-5-7-8-9-10-12-16-19(15-11-6-4-2)20-17-13-14-18-20/h19H,3-18H2,1-2H3. The fourth-order valence-corrected chi connectivity index (χ4v) is 3.58. The van der Waals surface area contributed by atoms with Crippen molar-refractivity contribution in [1.82, 2.24) is 4.90 Å². The molecule has 1 heteroatoms. The Hall–Kier alpha value is -0.0400. The Morgan fingerprint density at radius 3 is 1.70 bits per heavy atom. The van der Waals surface area contributed by atoms with Crippen LogP contribution in [0.2, 0.25) is 0 Å². The minimum atomic E-state index is 0.916. The Morgan fingerprint density at radius 1 is 0.650 bits per heavy atom. The zero-order valence-electron chi connectivity index (χ0n) is 14.3. The van der Waals surface area contributed by atoms with E-state index >= 15 is 0 Å². The molecule has 0 bridgehead atoms. The first-order valence-electron chi connectivity index (χ1n) is 9.62. The second kappa shape index (κ2) is 12.7. The lowest BCUT2D eigenvalue weighted by molar-refractivity contribution is 0.210. The molecule has 120 valence electrons. The van der Waals surface area contributed by atoms with Gasteiger partial charge in [-0.2, -0.15) is 0 Å². The van der Waals surface area contributed by atoms with E-state index in [-0.39, 0.29) is 0 Å². The molecule has 0 aliphatic carbocycles. The lowest BCUT2D eigenvalue weighted by atomic mass is 9.99.